The Bertz CT molecular complexity index is 728. The van der Waals surface area contributed by atoms with Crippen molar-refractivity contribution in [2.75, 3.05) is 5.43 Å². The Labute approximate surface area is 123 Å². The molecule has 4 heteroatoms. The molecule has 2 aromatic rings. The maximum Gasteiger partial charge on any atom is 0.237 e. The molecule has 0 saturated carbocycles. The highest BCUT2D eigenvalue weighted by Gasteiger charge is 2.02. The summed E-state index contributed by atoms with van der Waals surface area (Å²) in [6.07, 6.45) is 0. The Balaban J connectivity index is 2.13. The minimum absolute atomic E-state index is 0.215. The molecule has 4 nitrogen and oxygen atoms in total. The Morgan fingerprint density at radius 1 is 0.905 bits per heavy atom. The number of hydrazone groups is 1. The number of hydrogen-bond donors (Lipinski definition) is 1. The predicted octanol–water partition coefficient (Wildman–Crippen LogP) is 3.56. The van der Waals surface area contributed by atoms with Crippen molar-refractivity contribution in [3.05, 3.63) is 72.3 Å². The van der Waals surface area contributed by atoms with E-state index in [1.807, 2.05) is 54.6 Å². The molecule has 0 heterocycles. The molecule has 0 aliphatic heterocycles. The lowest BCUT2D eigenvalue weighted by Gasteiger charge is -2.07. The van der Waals surface area contributed by atoms with Crippen LogP contribution in [-0.4, -0.2) is 5.71 Å². The van der Waals surface area contributed by atoms with Gasteiger partial charge in [0.05, 0.1) is 5.69 Å². The zero-order valence-corrected chi connectivity index (χ0v) is 11.2. The van der Waals surface area contributed by atoms with Gasteiger partial charge in [-0.25, -0.2) is 0 Å². The first kappa shape index (κ1) is 14.0. The van der Waals surface area contributed by atoms with E-state index in [0.29, 0.717) is 5.69 Å². The monoisotopic (exact) mass is 272 g/mol. The third-order valence-electron chi connectivity index (χ3n) is 2.86. The number of nitrogens with one attached hydrogen (secondary N) is 1. The SMILES string of the molecule is C=C(c1ccccc1)c1ccc(NN=C(C#N)C#N)cc1. The number of nitrogens with zero attached hydrogens (tertiary/aromatic N) is 3. The lowest BCUT2D eigenvalue weighted by atomic mass is 10.00. The average molecular weight is 272 g/mol. The number of nitriles is 2. The summed E-state index contributed by atoms with van der Waals surface area (Å²) in [6.45, 7) is 4.09. The summed E-state index contributed by atoms with van der Waals surface area (Å²) in [5, 5.41) is 20.9. The normalized spacial score (nSPS) is 9.05. The molecule has 0 aromatic heterocycles. The van der Waals surface area contributed by atoms with Crippen molar-refractivity contribution < 1.29 is 0 Å². The standard InChI is InChI=1S/C17H12N4/c1-13(14-5-3-2-4-6-14)15-7-9-16(10-8-15)20-21-17(11-18)12-19/h2-10,20H,1H2. The van der Waals surface area contributed by atoms with Crippen LogP contribution in [0.4, 0.5) is 5.69 Å². The Hall–Kier alpha value is -3.37. The fourth-order valence-corrected chi connectivity index (χ4v) is 1.75. The number of rotatable bonds is 4. The van der Waals surface area contributed by atoms with Crippen LogP contribution < -0.4 is 5.43 Å². The second kappa shape index (κ2) is 6.70. The summed E-state index contributed by atoms with van der Waals surface area (Å²) in [5.41, 5.74) is 6.14. The second-order valence-electron chi connectivity index (χ2n) is 4.22. The van der Waals surface area contributed by atoms with E-state index in [9.17, 15) is 0 Å². The summed E-state index contributed by atoms with van der Waals surface area (Å²) >= 11 is 0. The molecule has 0 aliphatic carbocycles. The summed E-state index contributed by atoms with van der Waals surface area (Å²) in [4.78, 5) is 0. The zero-order chi connectivity index (χ0) is 15.1. The molecule has 0 spiro atoms. The van der Waals surface area contributed by atoms with Crippen LogP contribution in [0.15, 0.2) is 66.3 Å². The molecular weight excluding hydrogens is 260 g/mol. The van der Waals surface area contributed by atoms with Crippen LogP contribution in [0.3, 0.4) is 0 Å². The van der Waals surface area contributed by atoms with E-state index in [0.717, 1.165) is 16.7 Å². The molecule has 2 rings (SSSR count). The lowest BCUT2D eigenvalue weighted by Crippen LogP contribution is -1.96. The minimum atomic E-state index is -0.215. The first-order valence-electron chi connectivity index (χ1n) is 6.23. The van der Waals surface area contributed by atoms with Crippen molar-refractivity contribution in [1.82, 2.24) is 0 Å². The lowest BCUT2D eigenvalue weighted by molar-refractivity contribution is 1.33. The molecule has 0 radical (unpaired) electrons. The summed E-state index contributed by atoms with van der Waals surface area (Å²) < 4.78 is 0. The van der Waals surface area contributed by atoms with Crippen molar-refractivity contribution in [2.45, 2.75) is 0 Å². The van der Waals surface area contributed by atoms with Gasteiger partial charge >= 0.3 is 0 Å². The van der Waals surface area contributed by atoms with Crippen LogP contribution >= 0.6 is 0 Å². The van der Waals surface area contributed by atoms with Gasteiger partial charge in [-0.15, -0.1) is 0 Å². The maximum atomic E-state index is 8.59. The molecule has 0 atom stereocenters. The second-order valence-corrected chi connectivity index (χ2v) is 4.22. The molecule has 0 aliphatic rings. The van der Waals surface area contributed by atoms with Gasteiger partial charge in [-0.3, -0.25) is 5.43 Å². The third kappa shape index (κ3) is 3.56. The fraction of sp³-hybridized carbons (Fsp3) is 0. The first-order chi connectivity index (χ1) is 10.2. The topological polar surface area (TPSA) is 72.0 Å². The van der Waals surface area contributed by atoms with E-state index in [1.54, 1.807) is 12.1 Å². The number of anilines is 1. The Morgan fingerprint density at radius 3 is 2.05 bits per heavy atom. The van der Waals surface area contributed by atoms with Gasteiger partial charge in [-0.05, 0) is 28.8 Å². The zero-order valence-electron chi connectivity index (χ0n) is 11.2. The van der Waals surface area contributed by atoms with Crippen LogP contribution in [-0.2, 0) is 0 Å². The minimum Gasteiger partial charge on any atom is -0.277 e. The van der Waals surface area contributed by atoms with Crippen molar-refractivity contribution in [3.8, 4) is 12.1 Å². The highest BCUT2D eigenvalue weighted by Crippen LogP contribution is 2.22. The molecular formula is C17H12N4. The number of benzene rings is 2. The Morgan fingerprint density at radius 2 is 1.48 bits per heavy atom. The number of hydrogen-bond acceptors (Lipinski definition) is 4. The average Bonchev–Trinajstić information content (AvgIpc) is 2.56. The molecule has 1 N–H and O–H groups in total. The largest absolute Gasteiger partial charge is 0.277 e. The van der Waals surface area contributed by atoms with Crippen LogP contribution in [0.1, 0.15) is 11.1 Å². The van der Waals surface area contributed by atoms with Crippen molar-refractivity contribution >= 4 is 17.0 Å². The molecule has 0 bridgehead atoms. The van der Waals surface area contributed by atoms with E-state index >= 15 is 0 Å². The molecule has 21 heavy (non-hydrogen) atoms. The quantitative estimate of drug-likeness (QED) is 0.683. The predicted molar refractivity (Wildman–Crippen MR) is 83.3 cm³/mol. The molecule has 0 saturated heterocycles. The molecule has 0 unspecified atom stereocenters. The van der Waals surface area contributed by atoms with Gasteiger partial charge in [-0.2, -0.15) is 15.6 Å². The van der Waals surface area contributed by atoms with Gasteiger partial charge < -0.3 is 0 Å². The smallest absolute Gasteiger partial charge is 0.237 e. The summed E-state index contributed by atoms with van der Waals surface area (Å²) in [7, 11) is 0. The third-order valence-corrected chi connectivity index (χ3v) is 2.86. The van der Waals surface area contributed by atoms with Gasteiger partial charge in [0.2, 0.25) is 5.71 Å². The van der Waals surface area contributed by atoms with Crippen LogP contribution in [0.2, 0.25) is 0 Å². The van der Waals surface area contributed by atoms with E-state index in [-0.39, 0.29) is 5.71 Å². The van der Waals surface area contributed by atoms with Crippen molar-refractivity contribution in [1.29, 1.82) is 10.5 Å². The van der Waals surface area contributed by atoms with E-state index in [2.05, 4.69) is 17.1 Å². The van der Waals surface area contributed by atoms with Crippen LogP contribution in [0.5, 0.6) is 0 Å². The molecule has 0 amide bonds. The van der Waals surface area contributed by atoms with Gasteiger partial charge in [-0.1, -0.05) is 49.0 Å². The first-order valence-corrected chi connectivity index (χ1v) is 6.23. The van der Waals surface area contributed by atoms with Crippen molar-refractivity contribution in [2.24, 2.45) is 5.10 Å². The van der Waals surface area contributed by atoms with E-state index in [1.165, 1.54) is 0 Å². The van der Waals surface area contributed by atoms with Gasteiger partial charge in [0.25, 0.3) is 0 Å². The maximum absolute atomic E-state index is 8.59. The Kier molecular flexibility index (Phi) is 4.48. The van der Waals surface area contributed by atoms with Crippen molar-refractivity contribution in [3.63, 3.8) is 0 Å². The van der Waals surface area contributed by atoms with Gasteiger partial charge in [0, 0.05) is 0 Å². The fourth-order valence-electron chi connectivity index (χ4n) is 1.75. The highest BCUT2D eigenvalue weighted by atomic mass is 15.3. The molecule has 0 fully saturated rings. The summed E-state index contributed by atoms with van der Waals surface area (Å²) in [6, 6.07) is 20.7. The molecule has 2 aromatic carbocycles. The van der Waals surface area contributed by atoms with Gasteiger partial charge in [0.15, 0.2) is 0 Å². The highest BCUT2D eigenvalue weighted by molar-refractivity contribution is 6.10. The van der Waals surface area contributed by atoms with Gasteiger partial charge in [0.1, 0.15) is 12.1 Å². The summed E-state index contributed by atoms with van der Waals surface area (Å²) in [5.74, 6) is 0. The van der Waals surface area contributed by atoms with Crippen LogP contribution in [0.25, 0.3) is 5.57 Å². The van der Waals surface area contributed by atoms with E-state index < -0.39 is 0 Å². The molecule has 100 valence electrons. The van der Waals surface area contributed by atoms with Crippen LogP contribution in [0, 0.1) is 22.7 Å². The van der Waals surface area contributed by atoms with E-state index in [4.69, 9.17) is 10.5 Å².